The molecular weight excluding hydrogens is 636 g/mol. The summed E-state index contributed by atoms with van der Waals surface area (Å²) in [4.78, 5) is 27.8. The second kappa shape index (κ2) is 10.8. The Kier molecular flexibility index (Phi) is 8.29. The maximum absolute atomic E-state index is 14.2. The van der Waals surface area contributed by atoms with E-state index >= 15 is 0 Å². The zero-order valence-corrected chi connectivity index (χ0v) is 24.2. The number of carboxylic acid groups (broad SMARTS) is 1. The number of amides is 1. The molecule has 1 aliphatic heterocycles. The molecule has 194 valence electrons. The summed E-state index contributed by atoms with van der Waals surface area (Å²) in [7, 11) is -3.41. The van der Waals surface area contributed by atoms with E-state index < -0.39 is 31.3 Å². The minimum absolute atomic E-state index is 0.0217. The molecule has 2 aromatic rings. The lowest BCUT2D eigenvalue weighted by Crippen LogP contribution is -2.59. The molecule has 0 aromatic heterocycles. The van der Waals surface area contributed by atoms with Crippen molar-refractivity contribution < 1.29 is 23.1 Å². The van der Waals surface area contributed by atoms with Crippen molar-refractivity contribution in [2.45, 2.75) is 54.0 Å². The van der Waals surface area contributed by atoms with Gasteiger partial charge in [-0.2, -0.15) is 0 Å². The molecule has 1 saturated carbocycles. The van der Waals surface area contributed by atoms with Crippen LogP contribution >= 0.6 is 45.8 Å². The predicted octanol–water partition coefficient (Wildman–Crippen LogP) is 5.91. The Morgan fingerprint density at radius 1 is 1.14 bits per heavy atom. The SMILES string of the molecule is CCS(=O)(=O)C[C@H](C1CC1)N1C(=O)[C@@](I)(CC(=O)O)C[C@H](c2cccc(Cl)c2)[C@H]1c1ccc(Cl)cc1. The van der Waals surface area contributed by atoms with Crippen molar-refractivity contribution in [3.05, 3.63) is 69.7 Å². The van der Waals surface area contributed by atoms with E-state index in [0.717, 1.165) is 24.0 Å². The van der Waals surface area contributed by atoms with Gasteiger partial charge in [-0.3, -0.25) is 9.59 Å². The third-order valence-electron chi connectivity index (χ3n) is 7.15. The number of aliphatic carboxylic acids is 1. The highest BCUT2D eigenvalue weighted by Crippen LogP contribution is 2.54. The van der Waals surface area contributed by atoms with Crippen molar-refractivity contribution in [2.75, 3.05) is 11.5 Å². The van der Waals surface area contributed by atoms with E-state index in [-0.39, 0.29) is 42.1 Å². The van der Waals surface area contributed by atoms with E-state index in [1.807, 2.05) is 52.9 Å². The number of rotatable bonds is 9. The summed E-state index contributed by atoms with van der Waals surface area (Å²) in [6.45, 7) is 1.61. The quantitative estimate of drug-likeness (QED) is 0.266. The van der Waals surface area contributed by atoms with Gasteiger partial charge in [0.15, 0.2) is 9.84 Å². The summed E-state index contributed by atoms with van der Waals surface area (Å²) < 4.78 is 24.5. The number of nitrogens with zero attached hydrogens (tertiary/aromatic N) is 1. The lowest BCUT2D eigenvalue weighted by Gasteiger charge is -2.51. The molecule has 4 atom stereocenters. The first-order chi connectivity index (χ1) is 16.9. The Bertz CT molecular complexity index is 1250. The summed E-state index contributed by atoms with van der Waals surface area (Å²) in [5.41, 5.74) is 1.70. The van der Waals surface area contributed by atoms with Crippen molar-refractivity contribution in [3.8, 4) is 0 Å². The lowest BCUT2D eigenvalue weighted by atomic mass is 9.74. The molecule has 1 N–H and O–H groups in total. The molecule has 0 radical (unpaired) electrons. The molecule has 1 saturated heterocycles. The van der Waals surface area contributed by atoms with Crippen LogP contribution < -0.4 is 0 Å². The number of hydrogen-bond acceptors (Lipinski definition) is 4. The van der Waals surface area contributed by atoms with Gasteiger partial charge in [-0.25, -0.2) is 8.42 Å². The first-order valence-corrected chi connectivity index (χ1v) is 15.5. The van der Waals surface area contributed by atoms with Gasteiger partial charge in [-0.05, 0) is 60.6 Å². The van der Waals surface area contributed by atoms with E-state index in [4.69, 9.17) is 23.2 Å². The molecule has 2 aromatic carbocycles. The molecule has 6 nitrogen and oxygen atoms in total. The van der Waals surface area contributed by atoms with Gasteiger partial charge < -0.3 is 10.0 Å². The van der Waals surface area contributed by atoms with Crippen LogP contribution in [0.15, 0.2) is 48.5 Å². The fourth-order valence-electron chi connectivity index (χ4n) is 5.24. The summed E-state index contributed by atoms with van der Waals surface area (Å²) >= 11 is 14.5. The molecule has 0 spiro atoms. The van der Waals surface area contributed by atoms with Gasteiger partial charge in [-0.15, -0.1) is 0 Å². The molecule has 1 aliphatic carbocycles. The highest BCUT2D eigenvalue weighted by atomic mass is 127. The number of piperidine rings is 1. The molecule has 1 amide bonds. The van der Waals surface area contributed by atoms with E-state index in [0.29, 0.717) is 10.0 Å². The summed E-state index contributed by atoms with van der Waals surface area (Å²) in [6, 6.07) is 13.6. The van der Waals surface area contributed by atoms with Gasteiger partial charge >= 0.3 is 5.97 Å². The summed E-state index contributed by atoms with van der Waals surface area (Å²) in [6.07, 6.45) is 1.58. The smallest absolute Gasteiger partial charge is 0.305 e. The van der Waals surface area contributed by atoms with Crippen molar-refractivity contribution in [1.29, 1.82) is 0 Å². The van der Waals surface area contributed by atoms with Crippen LogP contribution in [-0.2, 0) is 19.4 Å². The number of likely N-dealkylation sites (tertiary alicyclic amines) is 1. The topological polar surface area (TPSA) is 91.8 Å². The highest BCUT2D eigenvalue weighted by molar-refractivity contribution is 14.1. The lowest BCUT2D eigenvalue weighted by molar-refractivity contribution is -0.149. The van der Waals surface area contributed by atoms with Crippen molar-refractivity contribution in [2.24, 2.45) is 5.92 Å². The van der Waals surface area contributed by atoms with Gasteiger partial charge in [0.25, 0.3) is 0 Å². The Morgan fingerprint density at radius 2 is 1.81 bits per heavy atom. The molecule has 36 heavy (non-hydrogen) atoms. The minimum Gasteiger partial charge on any atom is -0.481 e. The molecule has 0 unspecified atom stereocenters. The average Bonchev–Trinajstić information content (AvgIpc) is 3.65. The van der Waals surface area contributed by atoms with Crippen LogP contribution in [0.2, 0.25) is 10.0 Å². The Labute approximate surface area is 235 Å². The van der Waals surface area contributed by atoms with E-state index in [1.54, 1.807) is 30.0 Å². The van der Waals surface area contributed by atoms with Crippen molar-refractivity contribution in [1.82, 2.24) is 4.90 Å². The van der Waals surface area contributed by atoms with Crippen LogP contribution in [0.4, 0.5) is 0 Å². The number of hydrogen-bond donors (Lipinski definition) is 1. The third-order valence-corrected chi connectivity index (χ3v) is 10.6. The predicted molar refractivity (Wildman–Crippen MR) is 150 cm³/mol. The van der Waals surface area contributed by atoms with E-state index in [2.05, 4.69) is 0 Å². The number of sulfone groups is 1. The zero-order chi connectivity index (χ0) is 26.3. The number of halogens is 3. The highest BCUT2D eigenvalue weighted by Gasteiger charge is 2.56. The fraction of sp³-hybridized carbons (Fsp3) is 0.462. The first-order valence-electron chi connectivity index (χ1n) is 11.9. The van der Waals surface area contributed by atoms with Crippen LogP contribution in [0.3, 0.4) is 0 Å². The summed E-state index contributed by atoms with van der Waals surface area (Å²) in [5.74, 6) is -1.82. The monoisotopic (exact) mass is 663 g/mol. The van der Waals surface area contributed by atoms with Crippen LogP contribution in [0.5, 0.6) is 0 Å². The fourth-order valence-corrected chi connectivity index (χ4v) is 7.83. The first kappa shape index (κ1) is 27.7. The second-order valence-electron chi connectivity index (χ2n) is 9.71. The Morgan fingerprint density at radius 3 is 2.36 bits per heavy atom. The Hall–Kier alpha value is -1.36. The maximum atomic E-state index is 14.2. The number of carboxylic acids is 1. The molecule has 1 heterocycles. The molecule has 4 rings (SSSR count). The molecular formula is C26H28Cl2INO5S. The summed E-state index contributed by atoms with van der Waals surface area (Å²) in [5, 5.41) is 10.8. The number of benzene rings is 2. The standard InChI is InChI=1S/C26H28Cl2INO5S/c1-2-36(34,35)15-22(16-6-7-16)30-24(17-8-10-19(27)11-9-17)21(18-4-3-5-20(28)12-18)13-26(29,25(30)33)14-23(31)32/h3-5,8-12,16,21-22,24H,2,6-7,13-15H2,1H3,(H,31,32)/t21-,22-,24-,26+/m1/s1. The van der Waals surface area contributed by atoms with Crippen molar-refractivity contribution >= 4 is 67.5 Å². The van der Waals surface area contributed by atoms with Crippen molar-refractivity contribution in [3.63, 3.8) is 0 Å². The molecule has 2 fully saturated rings. The van der Waals surface area contributed by atoms with Crippen LogP contribution in [0.1, 0.15) is 55.7 Å². The third kappa shape index (κ3) is 6.03. The molecule has 10 heteroatoms. The minimum atomic E-state index is -3.41. The number of carbonyl (C=O) groups excluding carboxylic acids is 1. The van der Waals surface area contributed by atoms with Crippen LogP contribution in [0.25, 0.3) is 0 Å². The van der Waals surface area contributed by atoms with Gasteiger partial charge in [0.1, 0.15) is 3.42 Å². The van der Waals surface area contributed by atoms with Gasteiger partial charge in [0, 0.05) is 27.8 Å². The second-order valence-corrected chi connectivity index (χ2v) is 15.0. The normalized spacial score (nSPS) is 25.6. The van der Waals surface area contributed by atoms with E-state index in [1.165, 1.54) is 0 Å². The largest absolute Gasteiger partial charge is 0.481 e. The Balaban J connectivity index is 1.93. The zero-order valence-electron chi connectivity index (χ0n) is 19.7. The number of alkyl halides is 1. The van der Waals surface area contributed by atoms with E-state index in [9.17, 15) is 23.1 Å². The average molecular weight is 664 g/mol. The molecule has 2 aliphatic rings. The van der Waals surface area contributed by atoms with Crippen LogP contribution in [-0.4, -0.2) is 51.3 Å². The van der Waals surface area contributed by atoms with Gasteiger partial charge in [-0.1, -0.05) is 77.0 Å². The van der Waals surface area contributed by atoms with Gasteiger partial charge in [0.05, 0.1) is 18.2 Å². The maximum Gasteiger partial charge on any atom is 0.305 e. The number of carbonyl (C=O) groups is 2. The van der Waals surface area contributed by atoms with Gasteiger partial charge in [0.2, 0.25) is 5.91 Å². The van der Waals surface area contributed by atoms with Crippen LogP contribution in [0, 0.1) is 5.92 Å². The molecule has 0 bridgehead atoms.